The molecule has 3 nitrogen and oxygen atoms in total. The van der Waals surface area contributed by atoms with E-state index >= 15 is 0 Å². The molecule has 100 valence electrons. The van der Waals surface area contributed by atoms with Crippen LogP contribution in [-0.2, 0) is 4.79 Å². The molecule has 0 aliphatic heterocycles. The highest BCUT2D eigenvalue weighted by molar-refractivity contribution is 7.99. The van der Waals surface area contributed by atoms with Gasteiger partial charge in [0, 0.05) is 11.3 Å². The predicted molar refractivity (Wildman–Crippen MR) is 78.7 cm³/mol. The molecule has 1 aliphatic rings. The lowest BCUT2D eigenvalue weighted by atomic mass is 9.94. The van der Waals surface area contributed by atoms with Gasteiger partial charge in [0.2, 0.25) is 5.91 Å². The minimum atomic E-state index is -0.336. The molecule has 3 atom stereocenters. The van der Waals surface area contributed by atoms with Crippen LogP contribution in [0.1, 0.15) is 32.1 Å². The van der Waals surface area contributed by atoms with Crippen molar-refractivity contribution in [2.24, 2.45) is 5.73 Å². The molecule has 5 heteroatoms. The number of amides is 1. The lowest BCUT2D eigenvalue weighted by Gasteiger charge is -2.29. The molecular formula is C12H24N2OS2. The molecule has 0 bridgehead atoms. The molecule has 0 radical (unpaired) electrons. The number of hydrogen-bond donors (Lipinski definition) is 2. The zero-order valence-electron chi connectivity index (χ0n) is 10.8. The van der Waals surface area contributed by atoms with Crippen molar-refractivity contribution in [1.29, 1.82) is 0 Å². The third-order valence-electron chi connectivity index (χ3n) is 3.28. The first-order chi connectivity index (χ1) is 8.17. The van der Waals surface area contributed by atoms with Crippen LogP contribution in [0.25, 0.3) is 0 Å². The fourth-order valence-corrected chi connectivity index (χ4v) is 3.49. The van der Waals surface area contributed by atoms with Crippen LogP contribution in [0, 0.1) is 0 Å². The first-order valence-corrected chi connectivity index (χ1v) is 8.93. The van der Waals surface area contributed by atoms with Crippen molar-refractivity contribution in [2.45, 2.75) is 49.4 Å². The largest absolute Gasteiger partial charge is 0.352 e. The summed E-state index contributed by atoms with van der Waals surface area (Å²) in [6.45, 7) is 0. The van der Waals surface area contributed by atoms with Crippen LogP contribution >= 0.6 is 23.5 Å². The van der Waals surface area contributed by atoms with Crippen LogP contribution in [0.2, 0.25) is 0 Å². The number of carbonyl (C=O) groups is 1. The van der Waals surface area contributed by atoms with E-state index < -0.39 is 0 Å². The van der Waals surface area contributed by atoms with E-state index in [0.717, 1.165) is 25.0 Å². The van der Waals surface area contributed by atoms with Gasteiger partial charge in [-0.05, 0) is 43.9 Å². The zero-order chi connectivity index (χ0) is 12.7. The highest BCUT2D eigenvalue weighted by Crippen LogP contribution is 2.26. The first kappa shape index (κ1) is 15.2. The Morgan fingerprint density at radius 2 is 2.24 bits per heavy atom. The van der Waals surface area contributed by atoms with Gasteiger partial charge in [-0.25, -0.2) is 0 Å². The van der Waals surface area contributed by atoms with Gasteiger partial charge in [-0.1, -0.05) is 6.42 Å². The molecule has 1 amide bonds. The predicted octanol–water partition coefficient (Wildman–Crippen LogP) is 1.86. The number of carbonyl (C=O) groups excluding carboxylic acids is 1. The molecule has 17 heavy (non-hydrogen) atoms. The summed E-state index contributed by atoms with van der Waals surface area (Å²) in [7, 11) is 0. The third kappa shape index (κ3) is 5.53. The van der Waals surface area contributed by atoms with Crippen LogP contribution in [0.4, 0.5) is 0 Å². The molecule has 0 aromatic carbocycles. The minimum Gasteiger partial charge on any atom is -0.352 e. The lowest BCUT2D eigenvalue weighted by Crippen LogP contribution is -2.47. The maximum absolute atomic E-state index is 11.9. The summed E-state index contributed by atoms with van der Waals surface area (Å²) in [5.41, 5.74) is 5.86. The Morgan fingerprint density at radius 1 is 1.47 bits per heavy atom. The average molecular weight is 276 g/mol. The summed E-state index contributed by atoms with van der Waals surface area (Å²) in [6.07, 6.45) is 9.67. The van der Waals surface area contributed by atoms with Crippen LogP contribution in [0.3, 0.4) is 0 Å². The molecule has 2 unspecified atom stereocenters. The van der Waals surface area contributed by atoms with Gasteiger partial charge in [0.05, 0.1) is 6.04 Å². The van der Waals surface area contributed by atoms with E-state index in [1.165, 1.54) is 12.8 Å². The molecule has 1 aliphatic carbocycles. The maximum Gasteiger partial charge on any atom is 0.237 e. The van der Waals surface area contributed by atoms with E-state index in [-0.39, 0.29) is 11.9 Å². The second kappa shape index (κ2) is 8.27. The van der Waals surface area contributed by atoms with Gasteiger partial charge in [0.25, 0.3) is 0 Å². The molecular weight excluding hydrogens is 252 g/mol. The number of nitrogens with two attached hydrogens (primary N) is 1. The van der Waals surface area contributed by atoms with Crippen molar-refractivity contribution in [1.82, 2.24) is 5.32 Å². The summed E-state index contributed by atoms with van der Waals surface area (Å²) in [4.78, 5) is 11.9. The fourth-order valence-electron chi connectivity index (χ4n) is 2.17. The Bertz CT molecular complexity index is 239. The summed E-state index contributed by atoms with van der Waals surface area (Å²) in [5, 5.41) is 3.81. The monoisotopic (exact) mass is 276 g/mol. The molecule has 0 spiro atoms. The highest BCUT2D eigenvalue weighted by Gasteiger charge is 2.24. The van der Waals surface area contributed by atoms with Gasteiger partial charge in [-0.3, -0.25) is 4.79 Å². The Hall–Kier alpha value is 0.130. The van der Waals surface area contributed by atoms with Crippen molar-refractivity contribution in [3.63, 3.8) is 0 Å². The molecule has 1 fully saturated rings. The quantitative estimate of drug-likeness (QED) is 0.777. The number of nitrogens with one attached hydrogen (secondary N) is 1. The number of rotatable bonds is 6. The van der Waals surface area contributed by atoms with Crippen LogP contribution in [-0.4, -0.2) is 41.5 Å². The summed E-state index contributed by atoms with van der Waals surface area (Å²) >= 11 is 3.65. The second-order valence-corrected chi connectivity index (χ2v) is 6.74. The zero-order valence-corrected chi connectivity index (χ0v) is 12.4. The number of hydrogen-bond acceptors (Lipinski definition) is 4. The summed E-state index contributed by atoms with van der Waals surface area (Å²) < 4.78 is 0. The van der Waals surface area contributed by atoms with Crippen molar-refractivity contribution < 1.29 is 4.79 Å². The van der Waals surface area contributed by atoms with E-state index in [4.69, 9.17) is 5.73 Å². The SMILES string of the molecule is CSCC[C@@H](N)C(=O)NC1CCCC(SC)C1. The van der Waals surface area contributed by atoms with E-state index in [0.29, 0.717) is 11.3 Å². The molecule has 0 saturated heterocycles. The van der Waals surface area contributed by atoms with E-state index in [1.54, 1.807) is 11.8 Å². The second-order valence-electron chi connectivity index (χ2n) is 4.62. The normalized spacial score (nSPS) is 26.5. The highest BCUT2D eigenvalue weighted by atomic mass is 32.2. The van der Waals surface area contributed by atoms with Crippen molar-refractivity contribution >= 4 is 29.4 Å². The Labute approximate surface area is 113 Å². The summed E-state index contributed by atoms with van der Waals surface area (Å²) in [6, 6.07) is 0.00568. The van der Waals surface area contributed by atoms with Gasteiger partial charge < -0.3 is 11.1 Å². The molecule has 1 rings (SSSR count). The molecule has 0 heterocycles. The fraction of sp³-hybridized carbons (Fsp3) is 0.917. The third-order valence-corrected chi connectivity index (χ3v) is 5.01. The van der Waals surface area contributed by atoms with Gasteiger partial charge in [-0.15, -0.1) is 0 Å². The first-order valence-electron chi connectivity index (χ1n) is 6.25. The van der Waals surface area contributed by atoms with Gasteiger partial charge in [0.15, 0.2) is 0 Å². The molecule has 3 N–H and O–H groups in total. The Balaban J connectivity index is 2.29. The number of thioether (sulfide) groups is 2. The van der Waals surface area contributed by atoms with Gasteiger partial charge in [0.1, 0.15) is 0 Å². The topological polar surface area (TPSA) is 55.1 Å². The van der Waals surface area contributed by atoms with Crippen LogP contribution in [0.5, 0.6) is 0 Å². The van der Waals surface area contributed by atoms with Crippen molar-refractivity contribution in [2.75, 3.05) is 18.3 Å². The maximum atomic E-state index is 11.9. The lowest BCUT2D eigenvalue weighted by molar-refractivity contribution is -0.123. The van der Waals surface area contributed by atoms with E-state index in [9.17, 15) is 4.79 Å². The van der Waals surface area contributed by atoms with Gasteiger partial charge in [-0.2, -0.15) is 23.5 Å². The smallest absolute Gasteiger partial charge is 0.237 e. The Morgan fingerprint density at radius 3 is 2.88 bits per heavy atom. The van der Waals surface area contributed by atoms with Crippen LogP contribution < -0.4 is 11.1 Å². The molecule has 0 aromatic heterocycles. The standard InChI is InChI=1S/C12H24N2OS2/c1-16-7-6-11(13)12(15)14-9-4-3-5-10(8-9)17-2/h9-11H,3-8,13H2,1-2H3,(H,14,15)/t9?,10?,11-/m1/s1. The molecule has 1 saturated carbocycles. The molecule has 0 aromatic rings. The van der Waals surface area contributed by atoms with Crippen molar-refractivity contribution in [3.05, 3.63) is 0 Å². The van der Waals surface area contributed by atoms with Crippen molar-refractivity contribution in [3.8, 4) is 0 Å². The minimum absolute atomic E-state index is 0.0332. The van der Waals surface area contributed by atoms with Crippen LogP contribution in [0.15, 0.2) is 0 Å². The average Bonchev–Trinajstić information content (AvgIpc) is 2.36. The van der Waals surface area contributed by atoms with E-state index in [2.05, 4.69) is 11.6 Å². The van der Waals surface area contributed by atoms with Gasteiger partial charge >= 0.3 is 0 Å². The van der Waals surface area contributed by atoms with E-state index in [1.807, 2.05) is 18.0 Å². The summed E-state index contributed by atoms with van der Waals surface area (Å²) in [5.74, 6) is 0.984. The Kier molecular flexibility index (Phi) is 7.39.